The van der Waals surface area contributed by atoms with Gasteiger partial charge in [0.1, 0.15) is 11.5 Å². The lowest BCUT2D eigenvalue weighted by atomic mass is 10.1. The van der Waals surface area contributed by atoms with Gasteiger partial charge >= 0.3 is 0 Å². The largest absolute Gasteiger partial charge is 0.466 e. The molecule has 2 heterocycles. The van der Waals surface area contributed by atoms with Crippen LogP contribution < -0.4 is 5.32 Å². The normalized spacial score (nSPS) is 12.2. The van der Waals surface area contributed by atoms with Gasteiger partial charge in [0.25, 0.3) is 5.91 Å². The van der Waals surface area contributed by atoms with Crippen LogP contribution in [-0.4, -0.2) is 16.1 Å². The number of amides is 1. The Morgan fingerprint density at radius 1 is 1.37 bits per heavy atom. The average molecular weight is 280 g/mol. The van der Waals surface area contributed by atoms with E-state index in [1.807, 2.05) is 26.8 Å². The van der Waals surface area contributed by atoms with Gasteiger partial charge in [-0.1, -0.05) is 11.6 Å². The van der Waals surface area contributed by atoms with Crippen LogP contribution in [0.1, 0.15) is 40.5 Å². The van der Waals surface area contributed by atoms with Crippen molar-refractivity contribution < 1.29 is 9.21 Å². The van der Waals surface area contributed by atoms with E-state index in [0.29, 0.717) is 0 Å². The Balaban J connectivity index is 2.10. The molecule has 2 rings (SSSR count). The minimum absolute atomic E-state index is 0.164. The summed E-state index contributed by atoms with van der Waals surface area (Å²) in [4.78, 5) is 12.0. The molecule has 1 unspecified atom stereocenters. The maximum Gasteiger partial charge on any atom is 0.272 e. The third-order valence-corrected chi connectivity index (χ3v) is 2.96. The fourth-order valence-corrected chi connectivity index (χ4v) is 1.97. The summed E-state index contributed by atoms with van der Waals surface area (Å²) in [6, 6.07) is 4.81. The summed E-state index contributed by atoms with van der Waals surface area (Å²) < 4.78 is 5.44. The Labute approximate surface area is 116 Å². The number of halogens is 1. The van der Waals surface area contributed by atoms with Crippen molar-refractivity contribution in [2.45, 2.75) is 26.8 Å². The molecule has 6 heteroatoms. The van der Waals surface area contributed by atoms with Crippen LogP contribution in [0.3, 0.4) is 0 Å². The molecular weight excluding hydrogens is 266 g/mol. The number of aryl methyl sites for hydroxylation is 2. The summed E-state index contributed by atoms with van der Waals surface area (Å²) in [5, 5.41) is 10.5. The minimum Gasteiger partial charge on any atom is -0.466 e. The maximum absolute atomic E-state index is 12.0. The van der Waals surface area contributed by atoms with Crippen molar-refractivity contribution in [2.24, 2.45) is 0 Å². The molecule has 0 spiro atoms. The Hall–Kier alpha value is -1.88. The number of nitrogens with one attached hydrogen (secondary N) is 1. The number of aromatic nitrogens is 2. The van der Waals surface area contributed by atoms with Crippen LogP contribution in [0, 0.1) is 13.8 Å². The molecule has 0 saturated carbocycles. The van der Waals surface area contributed by atoms with Crippen LogP contribution >= 0.6 is 11.6 Å². The second kappa shape index (κ2) is 5.40. The smallest absolute Gasteiger partial charge is 0.272 e. The predicted octanol–water partition coefficient (Wildman–Crippen LogP) is 2.83. The molecule has 1 atom stereocenters. The minimum atomic E-state index is -0.296. The highest BCUT2D eigenvalue weighted by atomic mass is 35.5. The van der Waals surface area contributed by atoms with E-state index in [0.717, 1.165) is 17.1 Å². The van der Waals surface area contributed by atoms with Crippen molar-refractivity contribution in [3.8, 4) is 0 Å². The lowest BCUT2D eigenvalue weighted by molar-refractivity contribution is 0.0933. The van der Waals surface area contributed by atoms with Gasteiger partial charge in [0, 0.05) is 5.56 Å². The van der Waals surface area contributed by atoms with Crippen LogP contribution in [-0.2, 0) is 0 Å². The molecule has 0 saturated heterocycles. The molecule has 0 aliphatic carbocycles. The van der Waals surface area contributed by atoms with Crippen LogP contribution in [0.5, 0.6) is 0 Å². The Morgan fingerprint density at radius 2 is 2.11 bits per heavy atom. The molecule has 1 amide bonds. The molecule has 1 N–H and O–H groups in total. The van der Waals surface area contributed by atoms with Crippen LogP contribution in [0.25, 0.3) is 0 Å². The lowest BCUT2D eigenvalue weighted by Gasteiger charge is -2.12. The van der Waals surface area contributed by atoms with Crippen LogP contribution in [0.4, 0.5) is 0 Å². The third-order valence-electron chi connectivity index (χ3n) is 2.76. The third kappa shape index (κ3) is 3.12. The van der Waals surface area contributed by atoms with Gasteiger partial charge in [-0.2, -0.15) is 0 Å². The van der Waals surface area contributed by atoms with E-state index >= 15 is 0 Å². The topological polar surface area (TPSA) is 68.0 Å². The predicted molar refractivity (Wildman–Crippen MR) is 71.1 cm³/mol. The molecule has 2 aromatic heterocycles. The first-order chi connectivity index (χ1) is 8.97. The molecule has 0 aliphatic heterocycles. The number of carbonyl (C=O) groups excluding carboxylic acids is 1. The number of furan rings is 1. The van der Waals surface area contributed by atoms with Gasteiger partial charge in [0.2, 0.25) is 0 Å². The van der Waals surface area contributed by atoms with Gasteiger partial charge in [0.15, 0.2) is 10.8 Å². The molecule has 0 aromatic carbocycles. The van der Waals surface area contributed by atoms with Crippen LogP contribution in [0.15, 0.2) is 22.6 Å². The number of hydrogen-bond acceptors (Lipinski definition) is 4. The van der Waals surface area contributed by atoms with Crippen molar-refractivity contribution >= 4 is 17.5 Å². The molecule has 2 aromatic rings. The summed E-state index contributed by atoms with van der Waals surface area (Å²) >= 11 is 5.62. The highest BCUT2D eigenvalue weighted by Crippen LogP contribution is 2.21. The first kappa shape index (κ1) is 13.5. The molecule has 0 aliphatic rings. The van der Waals surface area contributed by atoms with E-state index < -0.39 is 0 Å². The summed E-state index contributed by atoms with van der Waals surface area (Å²) in [6.45, 7) is 5.63. The van der Waals surface area contributed by atoms with Crippen molar-refractivity contribution in [3.05, 3.63) is 46.1 Å². The molecule has 19 heavy (non-hydrogen) atoms. The maximum atomic E-state index is 12.0. The zero-order valence-electron chi connectivity index (χ0n) is 10.9. The van der Waals surface area contributed by atoms with Crippen LogP contribution in [0.2, 0.25) is 5.15 Å². The second-order valence-electron chi connectivity index (χ2n) is 4.31. The highest BCUT2D eigenvalue weighted by Gasteiger charge is 2.16. The summed E-state index contributed by atoms with van der Waals surface area (Å²) in [5.41, 5.74) is 1.18. The van der Waals surface area contributed by atoms with Crippen molar-refractivity contribution in [1.29, 1.82) is 0 Å². The fourth-order valence-electron chi connectivity index (χ4n) is 1.87. The van der Waals surface area contributed by atoms with Gasteiger partial charge < -0.3 is 9.73 Å². The molecule has 0 bridgehead atoms. The van der Waals surface area contributed by atoms with Crippen molar-refractivity contribution in [2.75, 3.05) is 0 Å². The Kier molecular flexibility index (Phi) is 3.85. The van der Waals surface area contributed by atoms with Gasteiger partial charge in [-0.15, -0.1) is 10.2 Å². The first-order valence-electron chi connectivity index (χ1n) is 5.84. The van der Waals surface area contributed by atoms with E-state index in [1.165, 1.54) is 12.1 Å². The van der Waals surface area contributed by atoms with Crippen molar-refractivity contribution in [1.82, 2.24) is 15.5 Å². The van der Waals surface area contributed by atoms with E-state index in [9.17, 15) is 4.79 Å². The van der Waals surface area contributed by atoms with E-state index in [1.54, 1.807) is 0 Å². The first-order valence-corrected chi connectivity index (χ1v) is 6.22. The quantitative estimate of drug-likeness (QED) is 0.938. The monoisotopic (exact) mass is 279 g/mol. The summed E-state index contributed by atoms with van der Waals surface area (Å²) in [5.74, 6) is 1.32. The number of rotatable bonds is 3. The molecule has 0 radical (unpaired) electrons. The number of nitrogens with zero attached hydrogens (tertiary/aromatic N) is 2. The van der Waals surface area contributed by atoms with E-state index in [-0.39, 0.29) is 22.8 Å². The SMILES string of the molecule is Cc1cc(C(C)NC(=O)c2ccc(Cl)nn2)c(C)o1. The molecule has 0 fully saturated rings. The van der Waals surface area contributed by atoms with Gasteiger partial charge in [-0.05, 0) is 39.0 Å². The summed E-state index contributed by atoms with van der Waals surface area (Å²) in [6.07, 6.45) is 0. The van der Waals surface area contributed by atoms with Gasteiger partial charge in [-0.3, -0.25) is 4.79 Å². The average Bonchev–Trinajstić information content (AvgIpc) is 2.69. The number of hydrogen-bond donors (Lipinski definition) is 1. The zero-order valence-corrected chi connectivity index (χ0v) is 11.7. The van der Waals surface area contributed by atoms with Gasteiger partial charge in [-0.25, -0.2) is 0 Å². The second-order valence-corrected chi connectivity index (χ2v) is 4.69. The Morgan fingerprint density at radius 3 is 2.63 bits per heavy atom. The summed E-state index contributed by atoms with van der Waals surface area (Å²) in [7, 11) is 0. The standard InChI is InChI=1S/C13H14ClN3O2/c1-7-6-10(9(3)19-7)8(2)15-13(18)11-4-5-12(14)17-16-11/h4-6,8H,1-3H3,(H,15,18). The molecule has 5 nitrogen and oxygen atoms in total. The van der Waals surface area contributed by atoms with Crippen molar-refractivity contribution in [3.63, 3.8) is 0 Å². The fraction of sp³-hybridized carbons (Fsp3) is 0.308. The number of carbonyl (C=O) groups is 1. The molecule has 100 valence electrons. The van der Waals surface area contributed by atoms with E-state index in [4.69, 9.17) is 16.0 Å². The molecular formula is C13H14ClN3O2. The zero-order chi connectivity index (χ0) is 14.0. The van der Waals surface area contributed by atoms with Gasteiger partial charge in [0.05, 0.1) is 6.04 Å². The Bertz CT molecular complexity index is 592. The lowest BCUT2D eigenvalue weighted by Crippen LogP contribution is -2.27. The highest BCUT2D eigenvalue weighted by molar-refractivity contribution is 6.29. The van der Waals surface area contributed by atoms with E-state index in [2.05, 4.69) is 15.5 Å².